The Hall–Kier alpha value is -1.49. The van der Waals surface area contributed by atoms with E-state index in [1.807, 2.05) is 13.0 Å². The number of benzene rings is 1. The molecule has 0 fully saturated rings. The van der Waals surface area contributed by atoms with Crippen LogP contribution in [0.4, 0.5) is 0 Å². The summed E-state index contributed by atoms with van der Waals surface area (Å²) >= 11 is 3.40. The Labute approximate surface area is 106 Å². The molecule has 90 valence electrons. The molecule has 4 nitrogen and oxygen atoms in total. The topological polar surface area (TPSA) is 59.7 Å². The lowest BCUT2D eigenvalue weighted by molar-refractivity contribution is 0.0664. The minimum Gasteiger partial charge on any atom is -0.496 e. The molecule has 0 aliphatic carbocycles. The number of hydrogen-bond donors (Lipinski definition) is 1. The lowest BCUT2D eigenvalue weighted by Gasteiger charge is -2.05. The molecule has 2 aromatic rings. The van der Waals surface area contributed by atoms with Gasteiger partial charge in [-0.1, -0.05) is 0 Å². The van der Waals surface area contributed by atoms with Gasteiger partial charge in [0.15, 0.2) is 5.58 Å². The molecule has 0 amide bonds. The maximum absolute atomic E-state index is 11.0. The third-order valence-corrected chi connectivity index (χ3v) is 3.69. The van der Waals surface area contributed by atoms with Crippen molar-refractivity contribution in [1.29, 1.82) is 0 Å². The van der Waals surface area contributed by atoms with Crippen LogP contribution in [-0.4, -0.2) is 18.2 Å². The molecule has 1 N–H and O–H groups in total. The van der Waals surface area contributed by atoms with Gasteiger partial charge in [-0.15, -0.1) is 0 Å². The maximum atomic E-state index is 11.0. The Morgan fingerprint density at radius 3 is 2.65 bits per heavy atom. The zero-order valence-corrected chi connectivity index (χ0v) is 11.2. The molecular weight excluding hydrogens is 288 g/mol. The smallest absolute Gasteiger partial charge is 0.372 e. The van der Waals surface area contributed by atoms with Gasteiger partial charge in [0.05, 0.1) is 17.0 Å². The summed E-state index contributed by atoms with van der Waals surface area (Å²) in [6.45, 7) is 3.60. The van der Waals surface area contributed by atoms with E-state index in [0.29, 0.717) is 22.3 Å². The first-order valence-corrected chi connectivity index (χ1v) is 5.76. The third-order valence-electron chi connectivity index (χ3n) is 2.70. The van der Waals surface area contributed by atoms with Crippen molar-refractivity contribution < 1.29 is 19.1 Å². The summed E-state index contributed by atoms with van der Waals surface area (Å²) in [7, 11) is 1.55. The van der Waals surface area contributed by atoms with Crippen molar-refractivity contribution in [2.45, 2.75) is 13.8 Å². The number of furan rings is 1. The van der Waals surface area contributed by atoms with Crippen LogP contribution in [0.25, 0.3) is 11.0 Å². The van der Waals surface area contributed by atoms with E-state index in [2.05, 4.69) is 15.9 Å². The number of aryl methyl sites for hydroxylation is 2. The minimum atomic E-state index is -1.08. The Morgan fingerprint density at radius 2 is 2.12 bits per heavy atom. The van der Waals surface area contributed by atoms with E-state index in [1.165, 1.54) is 0 Å². The zero-order valence-electron chi connectivity index (χ0n) is 9.63. The van der Waals surface area contributed by atoms with E-state index in [4.69, 9.17) is 14.3 Å². The Balaban J connectivity index is 2.94. The van der Waals surface area contributed by atoms with Crippen LogP contribution in [0.15, 0.2) is 15.0 Å². The molecule has 0 atom stereocenters. The van der Waals surface area contributed by atoms with Gasteiger partial charge in [-0.05, 0) is 41.4 Å². The molecule has 1 heterocycles. The van der Waals surface area contributed by atoms with Gasteiger partial charge >= 0.3 is 5.97 Å². The first-order valence-electron chi connectivity index (χ1n) is 4.96. The molecule has 0 radical (unpaired) electrons. The number of halogens is 1. The SMILES string of the molecule is COc1cc(C)c(Br)c2oc(C(=O)O)c(C)c12. The fraction of sp³-hybridized carbons (Fsp3) is 0.250. The van der Waals surface area contributed by atoms with Gasteiger partial charge in [0, 0.05) is 5.56 Å². The molecule has 2 rings (SSSR count). The monoisotopic (exact) mass is 298 g/mol. The highest BCUT2D eigenvalue weighted by atomic mass is 79.9. The Bertz CT molecular complexity index is 613. The Kier molecular flexibility index (Phi) is 2.87. The average molecular weight is 299 g/mol. The summed E-state index contributed by atoms with van der Waals surface area (Å²) < 4.78 is 11.4. The van der Waals surface area contributed by atoms with Gasteiger partial charge in [-0.2, -0.15) is 0 Å². The van der Waals surface area contributed by atoms with E-state index in [1.54, 1.807) is 14.0 Å². The quantitative estimate of drug-likeness (QED) is 0.921. The van der Waals surface area contributed by atoms with Gasteiger partial charge < -0.3 is 14.3 Å². The maximum Gasteiger partial charge on any atom is 0.372 e. The first kappa shape index (κ1) is 12.0. The van der Waals surface area contributed by atoms with Crippen molar-refractivity contribution >= 4 is 32.9 Å². The number of aromatic carboxylic acids is 1. The predicted molar refractivity (Wildman–Crippen MR) is 66.9 cm³/mol. The second-order valence-electron chi connectivity index (χ2n) is 3.78. The molecule has 0 unspecified atom stereocenters. The van der Waals surface area contributed by atoms with Crippen molar-refractivity contribution in [2.75, 3.05) is 7.11 Å². The molecule has 0 aliphatic heterocycles. The van der Waals surface area contributed by atoms with Crippen molar-refractivity contribution in [3.63, 3.8) is 0 Å². The summed E-state index contributed by atoms with van der Waals surface area (Å²) in [5.41, 5.74) is 2.02. The molecule has 0 spiro atoms. The normalized spacial score (nSPS) is 10.8. The summed E-state index contributed by atoms with van der Waals surface area (Å²) in [5, 5.41) is 9.74. The molecule has 5 heteroatoms. The molecule has 0 aliphatic rings. The highest BCUT2D eigenvalue weighted by Gasteiger charge is 2.22. The van der Waals surface area contributed by atoms with Gasteiger partial charge in [0.25, 0.3) is 0 Å². The zero-order chi connectivity index (χ0) is 12.7. The van der Waals surface area contributed by atoms with Crippen LogP contribution in [0.5, 0.6) is 5.75 Å². The van der Waals surface area contributed by atoms with Crippen LogP contribution in [0.1, 0.15) is 21.7 Å². The molecule has 0 bridgehead atoms. The van der Waals surface area contributed by atoms with E-state index in [-0.39, 0.29) is 5.76 Å². The number of carboxylic acid groups (broad SMARTS) is 1. The lowest BCUT2D eigenvalue weighted by Crippen LogP contribution is -1.95. The van der Waals surface area contributed by atoms with Gasteiger partial charge in [-0.3, -0.25) is 0 Å². The number of ether oxygens (including phenoxy) is 1. The fourth-order valence-electron chi connectivity index (χ4n) is 1.84. The minimum absolute atomic E-state index is 0.0513. The van der Waals surface area contributed by atoms with Crippen LogP contribution >= 0.6 is 15.9 Å². The van der Waals surface area contributed by atoms with Gasteiger partial charge in [0.1, 0.15) is 5.75 Å². The van der Waals surface area contributed by atoms with Crippen LogP contribution < -0.4 is 4.74 Å². The predicted octanol–water partition coefficient (Wildman–Crippen LogP) is 3.52. The molecule has 1 aromatic carbocycles. The number of hydrogen-bond acceptors (Lipinski definition) is 3. The van der Waals surface area contributed by atoms with Crippen molar-refractivity contribution in [3.05, 3.63) is 27.4 Å². The molecule has 0 saturated carbocycles. The standard InChI is InChI=1S/C12H11BrO4/c1-5-4-7(16-3)8-6(2)10(12(14)15)17-11(8)9(5)13/h4H,1-3H3,(H,14,15). The highest BCUT2D eigenvalue weighted by Crippen LogP contribution is 2.39. The van der Waals surface area contributed by atoms with Crippen LogP contribution in [0, 0.1) is 13.8 Å². The average Bonchev–Trinajstić information content (AvgIpc) is 2.62. The fourth-order valence-corrected chi connectivity index (χ4v) is 2.23. The van der Waals surface area contributed by atoms with Crippen LogP contribution in [0.2, 0.25) is 0 Å². The number of carbonyl (C=O) groups is 1. The van der Waals surface area contributed by atoms with Crippen molar-refractivity contribution in [1.82, 2.24) is 0 Å². The first-order chi connectivity index (χ1) is 7.97. The molecule has 17 heavy (non-hydrogen) atoms. The van der Waals surface area contributed by atoms with Crippen molar-refractivity contribution in [2.24, 2.45) is 0 Å². The second kappa shape index (κ2) is 4.07. The van der Waals surface area contributed by atoms with E-state index >= 15 is 0 Å². The lowest BCUT2D eigenvalue weighted by atomic mass is 10.1. The molecular formula is C12H11BrO4. The summed E-state index contributed by atoms with van der Waals surface area (Å²) in [6.07, 6.45) is 0. The van der Waals surface area contributed by atoms with E-state index < -0.39 is 5.97 Å². The van der Waals surface area contributed by atoms with Crippen molar-refractivity contribution in [3.8, 4) is 5.75 Å². The second-order valence-corrected chi connectivity index (χ2v) is 4.57. The summed E-state index contributed by atoms with van der Waals surface area (Å²) in [6, 6.07) is 1.85. The summed E-state index contributed by atoms with van der Waals surface area (Å²) in [5.74, 6) is -0.510. The molecule has 0 saturated heterocycles. The molecule has 1 aromatic heterocycles. The van der Waals surface area contributed by atoms with E-state index in [9.17, 15) is 4.79 Å². The Morgan fingerprint density at radius 1 is 1.47 bits per heavy atom. The third kappa shape index (κ3) is 1.70. The number of rotatable bonds is 2. The van der Waals surface area contributed by atoms with Crippen LogP contribution in [-0.2, 0) is 0 Å². The largest absolute Gasteiger partial charge is 0.496 e. The van der Waals surface area contributed by atoms with Crippen LogP contribution in [0.3, 0.4) is 0 Å². The van der Waals surface area contributed by atoms with E-state index in [0.717, 1.165) is 10.0 Å². The number of fused-ring (bicyclic) bond motifs is 1. The summed E-state index contributed by atoms with van der Waals surface area (Å²) in [4.78, 5) is 11.0. The number of carboxylic acids is 1. The highest BCUT2D eigenvalue weighted by molar-refractivity contribution is 9.10. The van der Waals surface area contributed by atoms with Gasteiger partial charge in [-0.25, -0.2) is 4.79 Å². The van der Waals surface area contributed by atoms with Gasteiger partial charge in [0.2, 0.25) is 5.76 Å². The number of methoxy groups -OCH3 is 1.